The molecule has 0 aliphatic carbocycles. The van der Waals surface area contributed by atoms with Crippen LogP contribution < -0.4 is 142 Å². The van der Waals surface area contributed by atoms with Gasteiger partial charge in [0.15, 0.2) is 0 Å². The van der Waals surface area contributed by atoms with Gasteiger partial charge in [-0.15, -0.1) is 0 Å². The Labute approximate surface area is 835 Å². The van der Waals surface area contributed by atoms with Gasteiger partial charge in [-0.2, -0.15) is 0 Å². The summed E-state index contributed by atoms with van der Waals surface area (Å²) in [6.07, 6.45) is 4.89. The number of nitrogens with one attached hydrogen (secondary N) is 17. The van der Waals surface area contributed by atoms with Crippen LogP contribution >= 0.6 is 0 Å². The van der Waals surface area contributed by atoms with Gasteiger partial charge < -0.3 is 131 Å². The zero-order valence-electron chi connectivity index (χ0n) is 87.1. The largest absolute Gasteiger partial charge is 0.370 e. The molecule has 0 heterocycles. The molecule has 0 aliphatic heterocycles. The molecule has 0 aliphatic rings. The third-order valence-corrected chi connectivity index (χ3v) is 23.0. The van der Waals surface area contributed by atoms with Crippen molar-refractivity contribution in [1.29, 1.82) is 0 Å². The van der Waals surface area contributed by atoms with E-state index < -0.39 is 216 Å². The van der Waals surface area contributed by atoms with Crippen molar-refractivity contribution in [1.82, 2.24) is 90.5 Å². The van der Waals surface area contributed by atoms with Gasteiger partial charge in [-0.05, 0) is 253 Å². The molecule has 0 aromatic carbocycles. The number of hydrogen-bond donors (Lipinski definition) is 26. The number of hydrazine groups is 1. The quantitative estimate of drug-likeness (QED) is 0.0142. The van der Waals surface area contributed by atoms with Crippen molar-refractivity contribution < 1.29 is 91.1 Å². The third-order valence-electron chi connectivity index (χ3n) is 23.0. The van der Waals surface area contributed by atoms with E-state index in [1.807, 2.05) is 41.5 Å². The number of unbranched alkanes of at least 4 members (excludes halogenated alkanes) is 7. The molecule has 0 saturated carbocycles. The Hall–Kier alpha value is -10.3. The standard InChI is InChI=1S/C96H182N26O19/c1-55(2)46-63(102)82(127)108-65(31-20-25-41-98)84(129)113-69(36-38-78(103)123)88(133)117-76(52-61(13)14)96(141)121-74(50-59(9)10)93(138)114-70(37-39-79(104)124)89(134)118-77(53-62(15)16)95(140)120-72(48-57(5)6)91(136)111-66(32-21-26-42-99)85(130)110-67(33-22-27-43-100)86(131)116-75(51-60(11)12)94(139)119-73(49-58(7)8)92(137)112-68(34-23-28-44-101)87(132)115-71(47-56(3)4)90(135)109-64(30-19-24-40-97)83(128)107-54-81(126)106-45-29-17-18-35-80(125)122-105/h55-77H,17-54,97-102,105H2,1-16H3,(H2,103,123)(H2,104,124)(H,106,126)(H,107,128)(H,108,127)(H,109,135)(H,110,130)(H,111,136)(H,112,137)(H,113,129)(H,114,138)(H,115,132)(H,116,131)(H,117,133)(H,118,134)(H,119,139)(H,120,140)(H,121,141)(H,122,125)/t63-,64-,65-,66-,67-,68-,69-,70-,71-,72-,73-,74-,75-,76-,77-/m0/s1. The van der Waals surface area contributed by atoms with Gasteiger partial charge in [0.2, 0.25) is 112 Å². The van der Waals surface area contributed by atoms with Crippen LogP contribution in [0.1, 0.15) is 310 Å². The lowest BCUT2D eigenvalue weighted by atomic mass is 9.98. The molecule has 0 bridgehead atoms. The van der Waals surface area contributed by atoms with E-state index in [-0.39, 0.29) is 189 Å². The summed E-state index contributed by atoms with van der Waals surface area (Å²) in [6.45, 7) is 29.8. The maximum Gasteiger partial charge on any atom is 0.243 e. The van der Waals surface area contributed by atoms with Gasteiger partial charge in [0, 0.05) is 25.8 Å². The fourth-order valence-electron chi connectivity index (χ4n) is 15.5. The first kappa shape index (κ1) is 131. The molecule has 0 aromatic rings. The Balaban J connectivity index is 7.45. The molecule has 0 rings (SSSR count). The lowest BCUT2D eigenvalue weighted by Crippen LogP contribution is -2.61. The fraction of sp³-hybridized carbons (Fsp3) is 0.802. The summed E-state index contributed by atoms with van der Waals surface area (Å²) in [5, 5.41) is 43.7. The second-order valence-electron chi connectivity index (χ2n) is 40.4. The van der Waals surface area contributed by atoms with Gasteiger partial charge in [0.1, 0.15) is 84.6 Å². The van der Waals surface area contributed by atoms with Crippen LogP contribution in [0, 0.1) is 47.3 Å². The number of primary amides is 2. The Morgan fingerprint density at radius 1 is 0.206 bits per heavy atom. The fourth-order valence-corrected chi connectivity index (χ4v) is 15.5. The summed E-state index contributed by atoms with van der Waals surface area (Å²) < 4.78 is 0. The second-order valence-corrected chi connectivity index (χ2v) is 40.4. The van der Waals surface area contributed by atoms with Gasteiger partial charge in [-0.1, -0.05) is 117 Å². The van der Waals surface area contributed by atoms with E-state index in [0.29, 0.717) is 90.0 Å². The molecular formula is C96H182N26O19. The Bertz CT molecular complexity index is 3840. The van der Waals surface area contributed by atoms with Crippen LogP contribution in [0.25, 0.3) is 0 Å². The van der Waals surface area contributed by atoms with E-state index in [1.165, 1.54) is 0 Å². The van der Waals surface area contributed by atoms with Crippen molar-refractivity contribution in [3.05, 3.63) is 0 Å². The summed E-state index contributed by atoms with van der Waals surface area (Å²) in [4.78, 5) is 267. The van der Waals surface area contributed by atoms with Gasteiger partial charge in [-0.25, -0.2) is 5.84 Å². The van der Waals surface area contributed by atoms with E-state index >= 15 is 0 Å². The molecule has 810 valence electrons. The highest BCUT2D eigenvalue weighted by atomic mass is 16.2. The number of hydrogen-bond acceptors (Lipinski definition) is 26. The van der Waals surface area contributed by atoms with Crippen molar-refractivity contribution in [2.75, 3.05) is 45.8 Å². The van der Waals surface area contributed by atoms with E-state index in [0.717, 1.165) is 0 Å². The summed E-state index contributed by atoms with van der Waals surface area (Å²) in [5.74, 6) is -11.3. The third kappa shape index (κ3) is 59.4. The monoisotopic (exact) mass is 2000 g/mol. The van der Waals surface area contributed by atoms with Crippen LogP contribution in [0.2, 0.25) is 0 Å². The van der Waals surface area contributed by atoms with Crippen molar-refractivity contribution in [2.45, 2.75) is 400 Å². The van der Waals surface area contributed by atoms with Crippen LogP contribution in [0.5, 0.6) is 0 Å². The number of carbonyl (C=O) groups is 19. The Kier molecular flexibility index (Phi) is 68.3. The SMILES string of the molecule is CC(C)C[C@H](NC(=O)[C@H](CCCCN)NC(=O)[C@H](CC(C)C)NC(=O)[C@H](CC(C)C)NC(=O)[C@H](CCCCN)NC(=O)[C@H](CCCCN)NC(=O)[C@H](CC(C)C)NC(=O)[C@H](CC(C)C)NC(=O)[C@H](CCC(N)=O)NC(=O)[C@H](CC(C)C)NC(=O)[C@H](CC(C)C)NC(=O)[C@H](CCC(N)=O)NC(=O)[C@H](CCCCN)NC(=O)[C@@H](N)CC(C)C)C(=O)N[C@@H](CCCCN)C(=O)NCC(=O)NCCCCCC(=O)NN. The first-order valence-corrected chi connectivity index (χ1v) is 51.0. The molecule has 0 saturated heterocycles. The topological polar surface area (TPSA) is 763 Å². The van der Waals surface area contributed by atoms with Gasteiger partial charge in [-0.3, -0.25) is 96.5 Å². The lowest BCUT2D eigenvalue weighted by molar-refractivity contribution is -0.137. The smallest absolute Gasteiger partial charge is 0.243 e. The average Bonchev–Trinajstić information content (AvgIpc) is 0.827. The number of rotatable bonds is 79. The predicted molar refractivity (Wildman–Crippen MR) is 539 cm³/mol. The highest BCUT2D eigenvalue weighted by Crippen LogP contribution is 2.20. The first-order chi connectivity index (χ1) is 66.4. The summed E-state index contributed by atoms with van der Waals surface area (Å²) in [7, 11) is 0. The van der Waals surface area contributed by atoms with Crippen molar-refractivity contribution in [2.24, 2.45) is 99.1 Å². The van der Waals surface area contributed by atoms with Crippen molar-refractivity contribution in [3.8, 4) is 0 Å². The maximum absolute atomic E-state index is 15.0. The van der Waals surface area contributed by atoms with E-state index in [9.17, 15) is 91.1 Å². The molecule has 19 amide bonds. The molecular weight excluding hydrogens is 1820 g/mol. The highest BCUT2D eigenvalue weighted by molar-refractivity contribution is 6.01. The van der Waals surface area contributed by atoms with Gasteiger partial charge in [0.05, 0.1) is 12.6 Å². The normalized spacial score (nSPS) is 14.7. The second kappa shape index (κ2) is 73.7. The van der Waals surface area contributed by atoms with E-state index in [4.69, 9.17) is 51.7 Å². The zero-order valence-corrected chi connectivity index (χ0v) is 87.1. The minimum absolute atomic E-state index is 0.0162. The number of carbonyl (C=O) groups excluding carboxylic acids is 19. The molecule has 0 fully saturated rings. The van der Waals surface area contributed by atoms with Gasteiger partial charge in [0.25, 0.3) is 0 Å². The van der Waals surface area contributed by atoms with Crippen molar-refractivity contribution in [3.63, 3.8) is 0 Å². The van der Waals surface area contributed by atoms with Crippen LogP contribution in [-0.2, 0) is 91.1 Å². The summed E-state index contributed by atoms with van der Waals surface area (Å²) in [5.41, 5.74) is 48.7. The predicted octanol–water partition coefficient (Wildman–Crippen LogP) is -1.57. The van der Waals surface area contributed by atoms with Crippen LogP contribution in [0.15, 0.2) is 0 Å². The molecule has 45 heteroatoms. The van der Waals surface area contributed by atoms with E-state index in [2.05, 4.69) is 90.5 Å². The molecule has 0 unspecified atom stereocenters. The Morgan fingerprint density at radius 3 is 0.610 bits per heavy atom. The highest BCUT2D eigenvalue weighted by Gasteiger charge is 2.40. The summed E-state index contributed by atoms with van der Waals surface area (Å²) in [6, 6.07) is -20.0. The molecule has 35 N–H and O–H groups in total. The average molecular weight is 2000 g/mol. The minimum Gasteiger partial charge on any atom is -0.370 e. The molecule has 0 spiro atoms. The van der Waals surface area contributed by atoms with E-state index in [1.54, 1.807) is 69.2 Å². The number of nitrogens with two attached hydrogens (primary N) is 9. The first-order valence-electron chi connectivity index (χ1n) is 51.0. The molecule has 0 aromatic heterocycles. The molecule has 141 heavy (non-hydrogen) atoms. The molecule has 45 nitrogen and oxygen atoms in total. The van der Waals surface area contributed by atoms with Crippen molar-refractivity contribution >= 4 is 112 Å². The number of amides is 19. The zero-order chi connectivity index (χ0) is 107. The summed E-state index contributed by atoms with van der Waals surface area (Å²) >= 11 is 0. The van der Waals surface area contributed by atoms with Crippen LogP contribution in [0.3, 0.4) is 0 Å². The van der Waals surface area contributed by atoms with Crippen LogP contribution in [-0.4, -0.2) is 249 Å². The minimum atomic E-state index is -1.61. The molecule has 15 atom stereocenters. The maximum atomic E-state index is 15.0. The Morgan fingerprint density at radius 2 is 0.404 bits per heavy atom. The van der Waals surface area contributed by atoms with Crippen LogP contribution in [0.4, 0.5) is 0 Å². The molecule has 0 radical (unpaired) electrons. The lowest BCUT2D eigenvalue weighted by Gasteiger charge is -2.30. The van der Waals surface area contributed by atoms with Gasteiger partial charge >= 0.3 is 0 Å².